The van der Waals surface area contributed by atoms with Gasteiger partial charge in [-0.3, -0.25) is 19.2 Å². The summed E-state index contributed by atoms with van der Waals surface area (Å²) in [5.74, 6) is -0.499. The lowest BCUT2D eigenvalue weighted by atomic mass is 9.96. The molecule has 0 aromatic heterocycles. The molecule has 0 saturated heterocycles. The summed E-state index contributed by atoms with van der Waals surface area (Å²) < 4.78 is 26.1. The molecular formula is C22H29N3O5S. The molecule has 0 radical (unpaired) electrons. The topological polar surface area (TPSA) is 110 Å². The molecule has 0 fully saturated rings. The Balaban J connectivity index is 2.40. The van der Waals surface area contributed by atoms with Crippen LogP contribution in [0.4, 0.5) is 11.4 Å². The summed E-state index contributed by atoms with van der Waals surface area (Å²) in [5.41, 5.74) is 4.58. The third-order valence-electron chi connectivity index (χ3n) is 5.44. The number of hydrogen-bond acceptors (Lipinski definition) is 5. The van der Waals surface area contributed by atoms with E-state index in [1.54, 1.807) is 6.92 Å². The van der Waals surface area contributed by atoms with E-state index in [0.717, 1.165) is 32.8 Å². The predicted octanol–water partition coefficient (Wildman–Crippen LogP) is 3.86. The molecule has 0 spiro atoms. The Labute approximate surface area is 183 Å². The van der Waals surface area contributed by atoms with Crippen LogP contribution >= 0.6 is 0 Å². The highest BCUT2D eigenvalue weighted by Crippen LogP contribution is 2.30. The third kappa shape index (κ3) is 5.41. The Kier molecular flexibility index (Phi) is 7.10. The molecule has 0 aliphatic heterocycles. The number of nitrogens with one attached hydrogen (secondary N) is 1. The molecule has 2 aromatic rings. The first-order valence-electron chi connectivity index (χ1n) is 9.86. The van der Waals surface area contributed by atoms with Crippen molar-refractivity contribution in [2.24, 2.45) is 0 Å². The molecule has 0 bridgehead atoms. The molecule has 2 atom stereocenters. The number of carbonyl (C=O) groups excluding carboxylic acids is 1. The van der Waals surface area contributed by atoms with Crippen LogP contribution in [0.2, 0.25) is 0 Å². The highest BCUT2D eigenvalue weighted by atomic mass is 32.2. The predicted molar refractivity (Wildman–Crippen MR) is 122 cm³/mol. The number of nitro benzene ring substituents is 1. The number of aryl methyl sites for hydroxylation is 4. The number of nitro groups is 1. The van der Waals surface area contributed by atoms with E-state index in [1.165, 1.54) is 25.1 Å². The minimum Gasteiger partial charge on any atom is -0.348 e. The van der Waals surface area contributed by atoms with Crippen molar-refractivity contribution < 1.29 is 18.1 Å². The van der Waals surface area contributed by atoms with Gasteiger partial charge in [0, 0.05) is 12.1 Å². The molecule has 1 N–H and O–H groups in total. The van der Waals surface area contributed by atoms with Crippen molar-refractivity contribution >= 4 is 27.3 Å². The van der Waals surface area contributed by atoms with Crippen molar-refractivity contribution in [2.75, 3.05) is 10.6 Å². The first-order valence-corrected chi connectivity index (χ1v) is 11.7. The molecule has 31 heavy (non-hydrogen) atoms. The minimum absolute atomic E-state index is 0.106. The average Bonchev–Trinajstić information content (AvgIpc) is 2.64. The van der Waals surface area contributed by atoms with Gasteiger partial charge in [-0.05, 0) is 69.4 Å². The van der Waals surface area contributed by atoms with Crippen LogP contribution in [-0.4, -0.2) is 31.5 Å². The van der Waals surface area contributed by atoms with Crippen molar-refractivity contribution in [2.45, 2.75) is 53.6 Å². The van der Waals surface area contributed by atoms with E-state index in [0.29, 0.717) is 5.56 Å². The first-order chi connectivity index (χ1) is 14.2. The fourth-order valence-corrected chi connectivity index (χ4v) is 4.82. The summed E-state index contributed by atoms with van der Waals surface area (Å²) >= 11 is 0. The average molecular weight is 448 g/mol. The molecule has 0 aliphatic carbocycles. The van der Waals surface area contributed by atoms with E-state index in [1.807, 2.05) is 39.8 Å². The van der Waals surface area contributed by atoms with Gasteiger partial charge in [-0.2, -0.15) is 0 Å². The Morgan fingerprint density at radius 2 is 1.58 bits per heavy atom. The Bertz CT molecular complexity index is 1130. The molecule has 1 amide bonds. The van der Waals surface area contributed by atoms with Crippen LogP contribution in [0, 0.1) is 37.8 Å². The Morgan fingerprint density at radius 3 is 2.13 bits per heavy atom. The highest BCUT2D eigenvalue weighted by molar-refractivity contribution is 7.92. The SMILES string of the molecule is Cc1cc(C)c([C@H](C)NC(=O)[C@@H](C)N(c2cc([N+](=O)[O-])ccc2C)S(C)(=O)=O)cc1C. The molecule has 0 aliphatic rings. The summed E-state index contributed by atoms with van der Waals surface area (Å²) in [5, 5.41) is 14.1. The van der Waals surface area contributed by atoms with E-state index < -0.39 is 26.9 Å². The monoisotopic (exact) mass is 447 g/mol. The largest absolute Gasteiger partial charge is 0.348 e. The van der Waals surface area contributed by atoms with Gasteiger partial charge >= 0.3 is 0 Å². The Morgan fingerprint density at radius 1 is 1.00 bits per heavy atom. The smallest absolute Gasteiger partial charge is 0.271 e. The maximum absolute atomic E-state index is 13.0. The maximum atomic E-state index is 13.0. The molecule has 8 nitrogen and oxygen atoms in total. The first kappa shape index (κ1) is 24.3. The quantitative estimate of drug-likeness (QED) is 0.512. The second-order valence-corrected chi connectivity index (χ2v) is 9.85. The van der Waals surface area contributed by atoms with Gasteiger partial charge in [0.15, 0.2) is 0 Å². The van der Waals surface area contributed by atoms with Crippen LogP contribution in [0.15, 0.2) is 30.3 Å². The summed E-state index contributed by atoms with van der Waals surface area (Å²) in [4.78, 5) is 23.6. The van der Waals surface area contributed by atoms with Crippen LogP contribution in [0.1, 0.15) is 47.7 Å². The van der Waals surface area contributed by atoms with Crippen molar-refractivity contribution in [3.63, 3.8) is 0 Å². The van der Waals surface area contributed by atoms with Gasteiger partial charge in [0.1, 0.15) is 6.04 Å². The minimum atomic E-state index is -3.90. The lowest BCUT2D eigenvalue weighted by molar-refractivity contribution is -0.384. The van der Waals surface area contributed by atoms with Crippen molar-refractivity contribution in [1.29, 1.82) is 0 Å². The summed E-state index contributed by atoms with van der Waals surface area (Å²) in [6.07, 6.45) is 0.978. The molecule has 9 heteroatoms. The summed E-state index contributed by atoms with van der Waals surface area (Å²) in [6, 6.07) is 6.56. The number of hydrogen-bond donors (Lipinski definition) is 1. The molecule has 2 aromatic carbocycles. The number of benzene rings is 2. The maximum Gasteiger partial charge on any atom is 0.271 e. The van der Waals surface area contributed by atoms with Crippen LogP contribution < -0.4 is 9.62 Å². The van der Waals surface area contributed by atoms with Crippen LogP contribution in [0.5, 0.6) is 0 Å². The fraction of sp³-hybridized carbons (Fsp3) is 0.409. The van der Waals surface area contributed by atoms with E-state index in [2.05, 4.69) is 5.32 Å². The zero-order chi connectivity index (χ0) is 23.7. The number of amides is 1. The Hall–Kier alpha value is -2.94. The molecular weight excluding hydrogens is 418 g/mol. The van der Waals surface area contributed by atoms with Crippen molar-refractivity contribution in [3.05, 3.63) is 68.3 Å². The number of sulfonamides is 1. The molecule has 168 valence electrons. The van der Waals surface area contributed by atoms with Crippen LogP contribution in [-0.2, 0) is 14.8 Å². The third-order valence-corrected chi connectivity index (χ3v) is 6.66. The molecule has 0 heterocycles. The highest BCUT2D eigenvalue weighted by Gasteiger charge is 2.32. The van der Waals surface area contributed by atoms with Crippen molar-refractivity contribution in [1.82, 2.24) is 5.32 Å². The van der Waals surface area contributed by atoms with Gasteiger partial charge in [0.25, 0.3) is 5.69 Å². The molecule has 0 saturated carbocycles. The second-order valence-electron chi connectivity index (χ2n) is 7.99. The van der Waals surface area contributed by atoms with Crippen LogP contribution in [0.25, 0.3) is 0 Å². The second kappa shape index (κ2) is 9.05. The number of rotatable bonds is 7. The lowest BCUT2D eigenvalue weighted by Gasteiger charge is -2.30. The standard InChI is InChI=1S/C22H29N3O5S/c1-13-8-9-19(25(27)28)12-21(13)24(31(7,29)30)18(6)22(26)23-17(5)20-11-15(3)14(2)10-16(20)4/h8-12,17-18H,1-7H3,(H,23,26)/t17-,18+/m0/s1. The van der Waals surface area contributed by atoms with Gasteiger partial charge in [-0.1, -0.05) is 18.2 Å². The summed E-state index contributed by atoms with van der Waals surface area (Å²) in [7, 11) is -3.90. The van der Waals surface area contributed by atoms with E-state index in [9.17, 15) is 23.3 Å². The lowest BCUT2D eigenvalue weighted by Crippen LogP contribution is -2.48. The van der Waals surface area contributed by atoms with E-state index >= 15 is 0 Å². The zero-order valence-electron chi connectivity index (χ0n) is 18.9. The zero-order valence-corrected chi connectivity index (χ0v) is 19.7. The molecule has 2 rings (SSSR count). The van der Waals surface area contributed by atoms with Gasteiger partial charge < -0.3 is 5.32 Å². The van der Waals surface area contributed by atoms with Gasteiger partial charge in [-0.25, -0.2) is 8.42 Å². The van der Waals surface area contributed by atoms with E-state index in [4.69, 9.17) is 0 Å². The summed E-state index contributed by atoms with van der Waals surface area (Å²) in [6.45, 7) is 10.9. The molecule has 0 unspecified atom stereocenters. The number of carbonyl (C=O) groups is 1. The van der Waals surface area contributed by atoms with Gasteiger partial charge in [-0.15, -0.1) is 0 Å². The number of nitrogens with zero attached hydrogens (tertiary/aromatic N) is 2. The van der Waals surface area contributed by atoms with Crippen LogP contribution in [0.3, 0.4) is 0 Å². The van der Waals surface area contributed by atoms with Gasteiger partial charge in [0.05, 0.1) is 22.9 Å². The van der Waals surface area contributed by atoms with Gasteiger partial charge in [0.2, 0.25) is 15.9 Å². The number of anilines is 1. The van der Waals surface area contributed by atoms with Crippen molar-refractivity contribution in [3.8, 4) is 0 Å². The fourth-order valence-electron chi connectivity index (χ4n) is 3.59. The normalized spacial score (nSPS) is 13.4. The van der Waals surface area contributed by atoms with E-state index in [-0.39, 0.29) is 17.4 Å². The number of non-ortho nitro benzene ring substituents is 1.